The van der Waals surface area contributed by atoms with Gasteiger partial charge in [0.15, 0.2) is 0 Å². The highest BCUT2D eigenvalue weighted by atomic mass is 35.5. The molecule has 2 unspecified atom stereocenters. The topological polar surface area (TPSA) is 78.7 Å². The first-order valence-corrected chi connectivity index (χ1v) is 9.54. The SMILES string of the molecule is CCC(C)C(N)C(=O)N1CCC(C(=O)NCC(C)(C)CN(C)C)CC1.Cl. The highest BCUT2D eigenvalue weighted by Crippen LogP contribution is 2.20. The molecule has 7 heteroatoms. The molecule has 26 heavy (non-hydrogen) atoms. The Morgan fingerprint density at radius 2 is 1.81 bits per heavy atom. The molecule has 0 saturated carbocycles. The van der Waals surface area contributed by atoms with Gasteiger partial charge in [-0.2, -0.15) is 0 Å². The minimum absolute atomic E-state index is 0. The van der Waals surface area contributed by atoms with Crippen molar-refractivity contribution in [3.63, 3.8) is 0 Å². The van der Waals surface area contributed by atoms with Gasteiger partial charge in [0.25, 0.3) is 0 Å². The van der Waals surface area contributed by atoms with Crippen LogP contribution in [-0.4, -0.2) is 67.9 Å². The third-order valence-corrected chi connectivity index (χ3v) is 5.21. The summed E-state index contributed by atoms with van der Waals surface area (Å²) in [7, 11) is 4.08. The molecule has 1 aliphatic heterocycles. The molecule has 154 valence electrons. The molecule has 1 aliphatic rings. The van der Waals surface area contributed by atoms with E-state index in [1.54, 1.807) is 0 Å². The Bertz CT molecular complexity index is 449. The zero-order valence-electron chi connectivity index (χ0n) is 17.4. The van der Waals surface area contributed by atoms with Gasteiger partial charge in [-0.15, -0.1) is 12.4 Å². The van der Waals surface area contributed by atoms with Crippen LogP contribution in [0, 0.1) is 17.3 Å². The Hall–Kier alpha value is -0.850. The monoisotopic (exact) mass is 390 g/mol. The highest BCUT2D eigenvalue weighted by molar-refractivity contribution is 5.85. The molecule has 6 nitrogen and oxygen atoms in total. The number of piperidine rings is 1. The molecule has 0 aromatic carbocycles. The Labute approximate surface area is 165 Å². The van der Waals surface area contributed by atoms with E-state index in [2.05, 4.69) is 24.1 Å². The number of amides is 2. The summed E-state index contributed by atoms with van der Waals surface area (Å²) in [5.74, 6) is 0.331. The largest absolute Gasteiger partial charge is 0.355 e. The third-order valence-electron chi connectivity index (χ3n) is 5.21. The lowest BCUT2D eigenvalue weighted by Crippen LogP contribution is -2.51. The smallest absolute Gasteiger partial charge is 0.239 e. The van der Waals surface area contributed by atoms with Crippen LogP contribution in [0.15, 0.2) is 0 Å². The average Bonchev–Trinajstić information content (AvgIpc) is 2.56. The first-order valence-electron chi connectivity index (χ1n) is 9.54. The van der Waals surface area contributed by atoms with Gasteiger partial charge >= 0.3 is 0 Å². The quantitative estimate of drug-likeness (QED) is 0.661. The van der Waals surface area contributed by atoms with E-state index in [4.69, 9.17) is 5.73 Å². The molecule has 0 aliphatic carbocycles. The van der Waals surface area contributed by atoms with Crippen molar-refractivity contribution in [1.82, 2.24) is 15.1 Å². The third kappa shape index (κ3) is 7.80. The number of rotatable bonds is 8. The number of hydrogen-bond donors (Lipinski definition) is 2. The molecular weight excluding hydrogens is 352 g/mol. The lowest BCUT2D eigenvalue weighted by Gasteiger charge is -2.35. The zero-order chi connectivity index (χ0) is 19.2. The van der Waals surface area contributed by atoms with Crippen molar-refractivity contribution >= 4 is 24.2 Å². The summed E-state index contributed by atoms with van der Waals surface area (Å²) in [4.78, 5) is 28.8. The van der Waals surface area contributed by atoms with Gasteiger partial charge < -0.3 is 20.9 Å². The first-order chi connectivity index (χ1) is 11.6. The number of carbonyl (C=O) groups is 2. The van der Waals surface area contributed by atoms with Crippen LogP contribution in [0.25, 0.3) is 0 Å². The van der Waals surface area contributed by atoms with Crippen LogP contribution in [-0.2, 0) is 9.59 Å². The lowest BCUT2D eigenvalue weighted by atomic mass is 9.91. The molecule has 0 bridgehead atoms. The molecule has 0 spiro atoms. The van der Waals surface area contributed by atoms with Gasteiger partial charge in [-0.05, 0) is 38.3 Å². The fourth-order valence-electron chi connectivity index (χ4n) is 3.45. The molecule has 2 amide bonds. The van der Waals surface area contributed by atoms with E-state index in [0.717, 1.165) is 25.8 Å². The second-order valence-corrected chi connectivity index (χ2v) is 8.63. The van der Waals surface area contributed by atoms with E-state index < -0.39 is 6.04 Å². The standard InChI is InChI=1S/C19H38N4O2.ClH/c1-7-14(2)16(20)18(25)23-10-8-15(9-11-23)17(24)21-12-19(3,4)13-22(5)6;/h14-16H,7-13,20H2,1-6H3,(H,21,24);1H. The first kappa shape index (κ1) is 25.1. The average molecular weight is 391 g/mol. The maximum Gasteiger partial charge on any atom is 0.239 e. The van der Waals surface area contributed by atoms with Crippen molar-refractivity contribution in [3.8, 4) is 0 Å². The van der Waals surface area contributed by atoms with Crippen molar-refractivity contribution in [1.29, 1.82) is 0 Å². The maximum absolute atomic E-state index is 12.4. The van der Waals surface area contributed by atoms with Crippen LogP contribution >= 0.6 is 12.4 Å². The second-order valence-electron chi connectivity index (χ2n) is 8.63. The van der Waals surface area contributed by atoms with Crippen LogP contribution < -0.4 is 11.1 Å². The molecule has 1 saturated heterocycles. The maximum atomic E-state index is 12.4. The molecule has 0 aromatic rings. The summed E-state index contributed by atoms with van der Waals surface area (Å²) >= 11 is 0. The van der Waals surface area contributed by atoms with Crippen molar-refractivity contribution in [2.75, 3.05) is 40.3 Å². The van der Waals surface area contributed by atoms with E-state index >= 15 is 0 Å². The van der Waals surface area contributed by atoms with Crippen molar-refractivity contribution in [2.24, 2.45) is 23.0 Å². The zero-order valence-corrected chi connectivity index (χ0v) is 18.2. The molecule has 0 aromatic heterocycles. The van der Waals surface area contributed by atoms with Gasteiger partial charge in [0, 0.05) is 32.1 Å². The predicted octanol–water partition coefficient (Wildman–Crippen LogP) is 1.72. The van der Waals surface area contributed by atoms with Gasteiger partial charge in [-0.3, -0.25) is 9.59 Å². The summed E-state index contributed by atoms with van der Waals surface area (Å²) in [6, 6.07) is -0.429. The van der Waals surface area contributed by atoms with Crippen LogP contribution in [0.1, 0.15) is 47.0 Å². The van der Waals surface area contributed by atoms with Crippen LogP contribution in [0.2, 0.25) is 0 Å². The Morgan fingerprint density at radius 1 is 1.27 bits per heavy atom. The second kappa shape index (κ2) is 11.1. The van der Waals surface area contributed by atoms with Gasteiger partial charge in [0.1, 0.15) is 0 Å². The van der Waals surface area contributed by atoms with Crippen molar-refractivity contribution in [2.45, 2.75) is 53.0 Å². The number of carbonyl (C=O) groups excluding carboxylic acids is 2. The van der Waals surface area contributed by atoms with E-state index in [0.29, 0.717) is 19.6 Å². The number of nitrogens with two attached hydrogens (primary N) is 1. The molecule has 2 atom stereocenters. The number of nitrogens with one attached hydrogen (secondary N) is 1. The predicted molar refractivity (Wildman–Crippen MR) is 109 cm³/mol. The molecule has 1 rings (SSSR count). The summed E-state index contributed by atoms with van der Waals surface area (Å²) in [5, 5.41) is 3.10. The summed E-state index contributed by atoms with van der Waals surface area (Å²) < 4.78 is 0. The molecule has 0 radical (unpaired) electrons. The minimum atomic E-state index is -0.429. The van der Waals surface area contributed by atoms with E-state index in [9.17, 15) is 9.59 Å². The van der Waals surface area contributed by atoms with E-state index in [-0.39, 0.29) is 41.5 Å². The van der Waals surface area contributed by atoms with Gasteiger partial charge in [0.2, 0.25) is 11.8 Å². The van der Waals surface area contributed by atoms with Crippen LogP contribution in [0.3, 0.4) is 0 Å². The summed E-state index contributed by atoms with van der Waals surface area (Å²) in [6.45, 7) is 11.2. The minimum Gasteiger partial charge on any atom is -0.355 e. The van der Waals surface area contributed by atoms with Crippen molar-refractivity contribution < 1.29 is 9.59 Å². The van der Waals surface area contributed by atoms with E-state index in [1.165, 1.54) is 0 Å². The molecular formula is C19H39ClN4O2. The Morgan fingerprint density at radius 3 is 2.27 bits per heavy atom. The molecule has 3 N–H and O–H groups in total. The highest BCUT2D eigenvalue weighted by Gasteiger charge is 2.31. The van der Waals surface area contributed by atoms with Gasteiger partial charge in [-0.25, -0.2) is 0 Å². The number of hydrogen-bond acceptors (Lipinski definition) is 4. The number of likely N-dealkylation sites (tertiary alicyclic amines) is 1. The lowest BCUT2D eigenvalue weighted by molar-refractivity contribution is -0.137. The van der Waals surface area contributed by atoms with Crippen LogP contribution in [0.5, 0.6) is 0 Å². The number of halogens is 1. The fourth-order valence-corrected chi connectivity index (χ4v) is 3.45. The molecule has 1 heterocycles. The Kier molecular flexibility index (Phi) is 10.7. The van der Waals surface area contributed by atoms with E-state index in [1.807, 2.05) is 32.8 Å². The summed E-state index contributed by atoms with van der Waals surface area (Å²) in [6.07, 6.45) is 2.34. The van der Waals surface area contributed by atoms with Crippen molar-refractivity contribution in [3.05, 3.63) is 0 Å². The van der Waals surface area contributed by atoms with Gasteiger partial charge in [-0.1, -0.05) is 34.1 Å². The Balaban J connectivity index is 0.00000625. The summed E-state index contributed by atoms with van der Waals surface area (Å²) in [5.41, 5.74) is 6.10. The normalized spacial score (nSPS) is 18.2. The fraction of sp³-hybridized carbons (Fsp3) is 0.895. The molecule has 1 fully saturated rings. The van der Waals surface area contributed by atoms with Crippen LogP contribution in [0.4, 0.5) is 0 Å². The number of nitrogens with zero attached hydrogens (tertiary/aromatic N) is 2. The van der Waals surface area contributed by atoms with Gasteiger partial charge in [0.05, 0.1) is 6.04 Å².